The summed E-state index contributed by atoms with van der Waals surface area (Å²) in [5.41, 5.74) is 1.98. The van der Waals surface area contributed by atoms with E-state index in [-0.39, 0.29) is 17.4 Å². The van der Waals surface area contributed by atoms with Gasteiger partial charge in [-0.2, -0.15) is 0 Å². The van der Waals surface area contributed by atoms with Crippen LogP contribution < -0.4 is 4.74 Å². The van der Waals surface area contributed by atoms with E-state index in [1.54, 1.807) is 0 Å². The minimum Gasteiger partial charge on any atom is -0.492 e. The fraction of sp³-hybridized carbons (Fsp3) is 0.312. The van der Waals surface area contributed by atoms with Crippen LogP contribution in [0.2, 0.25) is 0 Å². The maximum atomic E-state index is 11.3. The first-order chi connectivity index (χ1) is 10.2. The summed E-state index contributed by atoms with van der Waals surface area (Å²) >= 11 is 0. The summed E-state index contributed by atoms with van der Waals surface area (Å²) in [6.45, 7) is 0.510. The average molecular weight is 282 g/mol. The van der Waals surface area contributed by atoms with Crippen molar-refractivity contribution in [2.75, 3.05) is 6.61 Å². The van der Waals surface area contributed by atoms with Crippen LogP contribution in [-0.4, -0.2) is 27.7 Å². The molecule has 0 spiro atoms. The van der Waals surface area contributed by atoms with Gasteiger partial charge in [0.15, 0.2) is 0 Å². The molecule has 1 aromatic carbocycles. The minimum atomic E-state index is -0.952. The van der Waals surface area contributed by atoms with Gasteiger partial charge in [0, 0.05) is 17.7 Å². The number of carboxylic acid groups (broad SMARTS) is 1. The Kier molecular flexibility index (Phi) is 2.67. The Bertz CT molecular complexity index is 725. The molecule has 0 saturated heterocycles. The predicted molar refractivity (Wildman–Crippen MR) is 74.7 cm³/mol. The van der Waals surface area contributed by atoms with Crippen molar-refractivity contribution in [2.45, 2.75) is 24.7 Å². The molecule has 0 radical (unpaired) electrons. The van der Waals surface area contributed by atoms with Crippen molar-refractivity contribution >= 4 is 5.97 Å². The topological polar surface area (TPSA) is 72.3 Å². The first-order valence-electron chi connectivity index (χ1n) is 7.06. The largest absolute Gasteiger partial charge is 0.492 e. The van der Waals surface area contributed by atoms with E-state index < -0.39 is 5.97 Å². The minimum absolute atomic E-state index is 0.0125. The van der Waals surface area contributed by atoms with E-state index >= 15 is 0 Å². The number of aromatic carboxylic acids is 1. The summed E-state index contributed by atoms with van der Waals surface area (Å²) in [6.07, 6.45) is 3.46. The normalized spacial score (nSPS) is 19.9. The van der Waals surface area contributed by atoms with Gasteiger partial charge in [-0.05, 0) is 18.9 Å². The van der Waals surface area contributed by atoms with Gasteiger partial charge in [-0.15, -0.1) is 0 Å². The summed E-state index contributed by atoms with van der Waals surface area (Å²) in [6, 6.07) is 7.85. The van der Waals surface area contributed by atoms with Crippen LogP contribution in [0.4, 0.5) is 0 Å². The van der Waals surface area contributed by atoms with Crippen LogP contribution in [-0.2, 0) is 0 Å². The zero-order valence-corrected chi connectivity index (χ0v) is 11.3. The molecule has 0 bridgehead atoms. The van der Waals surface area contributed by atoms with Crippen LogP contribution in [0, 0.1) is 0 Å². The number of carboxylic acids is 1. The number of fused-ring (bicyclic) bond motifs is 1. The number of ether oxygens (including phenoxy) is 1. The Labute approximate surface area is 121 Å². The molecule has 2 aromatic rings. The first kappa shape index (κ1) is 12.3. The fourth-order valence-electron chi connectivity index (χ4n) is 2.79. The Morgan fingerprint density at radius 3 is 2.86 bits per heavy atom. The molecular formula is C16H14N2O3. The van der Waals surface area contributed by atoms with Crippen molar-refractivity contribution in [1.82, 2.24) is 9.97 Å². The van der Waals surface area contributed by atoms with Gasteiger partial charge < -0.3 is 9.84 Å². The van der Waals surface area contributed by atoms with Gasteiger partial charge in [0.2, 0.25) is 0 Å². The van der Waals surface area contributed by atoms with E-state index in [2.05, 4.69) is 9.97 Å². The lowest BCUT2D eigenvalue weighted by molar-refractivity contribution is 0.0694. The summed E-state index contributed by atoms with van der Waals surface area (Å²) in [4.78, 5) is 20.1. The SMILES string of the molecule is O=C(O)c1cnc(C2COc3ccccc32)nc1C1CC1. The standard InChI is InChI=1S/C16H14N2O3/c19-16(20)11-7-17-15(18-14(11)9-5-6-9)12-8-21-13-4-2-1-3-10(12)13/h1-4,7,9,12H,5-6,8H2,(H,19,20). The molecule has 1 atom stereocenters. The number of hydrogen-bond donors (Lipinski definition) is 1. The number of nitrogens with zero attached hydrogens (tertiary/aromatic N) is 2. The number of para-hydroxylation sites is 1. The molecule has 1 unspecified atom stereocenters. The van der Waals surface area contributed by atoms with Gasteiger partial charge in [0.25, 0.3) is 0 Å². The highest BCUT2D eigenvalue weighted by Gasteiger charge is 2.33. The molecule has 2 heterocycles. The second kappa shape index (κ2) is 4.55. The van der Waals surface area contributed by atoms with E-state index in [1.165, 1.54) is 6.20 Å². The van der Waals surface area contributed by atoms with E-state index in [1.807, 2.05) is 24.3 Å². The third-order valence-electron chi connectivity index (χ3n) is 4.04. The van der Waals surface area contributed by atoms with E-state index in [0.717, 1.165) is 24.2 Å². The smallest absolute Gasteiger partial charge is 0.339 e. The maximum Gasteiger partial charge on any atom is 0.339 e. The third-order valence-corrected chi connectivity index (χ3v) is 4.04. The molecule has 5 nitrogen and oxygen atoms in total. The van der Waals surface area contributed by atoms with Gasteiger partial charge in [-0.25, -0.2) is 14.8 Å². The zero-order valence-electron chi connectivity index (χ0n) is 11.3. The Balaban J connectivity index is 1.77. The van der Waals surface area contributed by atoms with Gasteiger partial charge in [0.05, 0.1) is 17.2 Å². The Morgan fingerprint density at radius 2 is 2.10 bits per heavy atom. The third kappa shape index (κ3) is 2.05. The van der Waals surface area contributed by atoms with Crippen LogP contribution in [0.25, 0.3) is 0 Å². The molecule has 4 rings (SSSR count). The molecule has 1 aliphatic carbocycles. The zero-order chi connectivity index (χ0) is 14.4. The maximum absolute atomic E-state index is 11.3. The van der Waals surface area contributed by atoms with Gasteiger partial charge in [-0.1, -0.05) is 18.2 Å². The van der Waals surface area contributed by atoms with Crippen LogP contribution in [0.15, 0.2) is 30.5 Å². The highest BCUT2D eigenvalue weighted by Crippen LogP contribution is 2.42. The molecule has 1 saturated carbocycles. The predicted octanol–water partition coefficient (Wildman–Crippen LogP) is 2.58. The van der Waals surface area contributed by atoms with Crippen LogP contribution in [0.1, 0.15) is 52.1 Å². The molecule has 106 valence electrons. The van der Waals surface area contributed by atoms with E-state index in [4.69, 9.17) is 4.74 Å². The van der Waals surface area contributed by atoms with Crippen LogP contribution in [0.3, 0.4) is 0 Å². The Hall–Kier alpha value is -2.43. The number of aromatic nitrogens is 2. The van der Waals surface area contributed by atoms with Gasteiger partial charge in [0.1, 0.15) is 18.2 Å². The molecule has 1 aromatic heterocycles. The molecule has 21 heavy (non-hydrogen) atoms. The van der Waals surface area contributed by atoms with Crippen molar-refractivity contribution in [3.8, 4) is 5.75 Å². The second-order valence-corrected chi connectivity index (χ2v) is 5.51. The molecule has 1 aliphatic heterocycles. The summed E-state index contributed by atoms with van der Waals surface area (Å²) in [5.74, 6) is 0.830. The van der Waals surface area contributed by atoms with Crippen LogP contribution in [0.5, 0.6) is 5.75 Å². The molecule has 2 aliphatic rings. The quantitative estimate of drug-likeness (QED) is 0.936. The highest BCUT2D eigenvalue weighted by atomic mass is 16.5. The van der Waals surface area contributed by atoms with E-state index in [0.29, 0.717) is 18.1 Å². The van der Waals surface area contributed by atoms with Crippen molar-refractivity contribution < 1.29 is 14.6 Å². The van der Waals surface area contributed by atoms with E-state index in [9.17, 15) is 9.90 Å². The van der Waals surface area contributed by atoms with Gasteiger partial charge >= 0.3 is 5.97 Å². The van der Waals surface area contributed by atoms with Crippen molar-refractivity contribution in [3.63, 3.8) is 0 Å². The second-order valence-electron chi connectivity index (χ2n) is 5.51. The first-order valence-corrected chi connectivity index (χ1v) is 7.06. The number of benzene rings is 1. The monoisotopic (exact) mass is 282 g/mol. The number of hydrogen-bond acceptors (Lipinski definition) is 4. The summed E-state index contributed by atoms with van der Waals surface area (Å²) in [5, 5.41) is 9.25. The van der Waals surface area contributed by atoms with Gasteiger partial charge in [-0.3, -0.25) is 0 Å². The molecule has 5 heteroatoms. The van der Waals surface area contributed by atoms with Crippen LogP contribution >= 0.6 is 0 Å². The summed E-state index contributed by atoms with van der Waals surface area (Å²) < 4.78 is 5.66. The number of rotatable bonds is 3. The molecule has 0 amide bonds. The average Bonchev–Trinajstić information content (AvgIpc) is 3.26. The van der Waals surface area contributed by atoms with Crippen molar-refractivity contribution in [1.29, 1.82) is 0 Å². The molecule has 1 fully saturated rings. The lowest BCUT2D eigenvalue weighted by Gasteiger charge is -2.10. The fourth-order valence-corrected chi connectivity index (χ4v) is 2.79. The van der Waals surface area contributed by atoms with Crippen molar-refractivity contribution in [3.05, 3.63) is 53.1 Å². The highest BCUT2D eigenvalue weighted by molar-refractivity contribution is 5.88. The molecular weight excluding hydrogens is 268 g/mol. The lowest BCUT2D eigenvalue weighted by atomic mass is 10.00. The summed E-state index contributed by atoms with van der Waals surface area (Å²) in [7, 11) is 0. The lowest BCUT2D eigenvalue weighted by Crippen LogP contribution is -2.13. The Morgan fingerprint density at radius 1 is 1.29 bits per heavy atom. The molecule has 1 N–H and O–H groups in total. The number of carbonyl (C=O) groups is 1. The van der Waals surface area contributed by atoms with Crippen molar-refractivity contribution in [2.24, 2.45) is 0 Å².